The predicted octanol–water partition coefficient (Wildman–Crippen LogP) is 0.379. The summed E-state index contributed by atoms with van der Waals surface area (Å²) < 4.78 is 2.69. The number of hydrogen-bond donors (Lipinski definition) is 0. The minimum Gasteiger partial charge on any atom is -0.305 e. The molecule has 6 nitrogen and oxygen atoms in total. The van der Waals surface area contributed by atoms with E-state index in [1.54, 1.807) is 0 Å². The summed E-state index contributed by atoms with van der Waals surface area (Å²) in [7, 11) is 3.94. The molecule has 0 amide bonds. The van der Waals surface area contributed by atoms with Gasteiger partial charge in [-0.3, -0.25) is 0 Å². The van der Waals surface area contributed by atoms with Crippen LogP contribution >= 0.6 is 0 Å². The standard InChI is InChI=1S/C12H17N5O/c1-10(15(2)3)9-16-12(18)17(14-13-16)11-7-5-4-6-8-11/h4-8,10H,9H2,1-3H3. The van der Waals surface area contributed by atoms with Crippen molar-refractivity contribution in [3.63, 3.8) is 0 Å². The number of hydrogen-bond acceptors (Lipinski definition) is 4. The second-order valence-corrected chi connectivity index (χ2v) is 4.50. The molecular weight excluding hydrogens is 230 g/mol. The predicted molar refractivity (Wildman–Crippen MR) is 68.8 cm³/mol. The van der Waals surface area contributed by atoms with Crippen LogP contribution in [0.5, 0.6) is 0 Å². The maximum atomic E-state index is 12.1. The van der Waals surface area contributed by atoms with Gasteiger partial charge in [-0.15, -0.1) is 0 Å². The van der Waals surface area contributed by atoms with Gasteiger partial charge in [0.1, 0.15) is 0 Å². The summed E-state index contributed by atoms with van der Waals surface area (Å²) in [6, 6.07) is 9.51. The summed E-state index contributed by atoms with van der Waals surface area (Å²) in [6.07, 6.45) is 0. The minimum absolute atomic E-state index is 0.213. The molecule has 2 aromatic rings. The van der Waals surface area contributed by atoms with E-state index in [-0.39, 0.29) is 11.7 Å². The molecule has 0 radical (unpaired) electrons. The maximum Gasteiger partial charge on any atom is 0.368 e. The SMILES string of the molecule is CC(Cn1nnn(-c2ccccc2)c1=O)N(C)C. The third-order valence-electron chi connectivity index (χ3n) is 2.96. The smallest absolute Gasteiger partial charge is 0.305 e. The first-order valence-electron chi connectivity index (χ1n) is 5.84. The summed E-state index contributed by atoms with van der Waals surface area (Å²) in [5.74, 6) is 0. The Morgan fingerprint density at radius 2 is 1.89 bits per heavy atom. The second kappa shape index (κ2) is 5.14. The summed E-state index contributed by atoms with van der Waals surface area (Å²) in [5, 5.41) is 7.80. The van der Waals surface area contributed by atoms with E-state index in [4.69, 9.17) is 0 Å². The lowest BCUT2D eigenvalue weighted by Crippen LogP contribution is -2.34. The summed E-state index contributed by atoms with van der Waals surface area (Å²) in [5.41, 5.74) is 0.515. The van der Waals surface area contributed by atoms with Gasteiger partial charge in [0.15, 0.2) is 0 Å². The number of likely N-dealkylation sites (N-methyl/N-ethyl adjacent to an activating group) is 1. The molecule has 18 heavy (non-hydrogen) atoms. The molecule has 1 unspecified atom stereocenters. The quantitative estimate of drug-likeness (QED) is 0.783. The molecular formula is C12H17N5O. The van der Waals surface area contributed by atoms with Gasteiger partial charge in [0.2, 0.25) is 0 Å². The fraction of sp³-hybridized carbons (Fsp3) is 0.417. The van der Waals surface area contributed by atoms with Crippen LogP contribution < -0.4 is 5.69 Å². The van der Waals surface area contributed by atoms with Crippen molar-refractivity contribution < 1.29 is 0 Å². The van der Waals surface area contributed by atoms with Crippen molar-refractivity contribution >= 4 is 0 Å². The molecule has 6 heteroatoms. The van der Waals surface area contributed by atoms with Crippen molar-refractivity contribution in [2.24, 2.45) is 0 Å². The van der Waals surface area contributed by atoms with E-state index in [0.717, 1.165) is 5.69 Å². The van der Waals surface area contributed by atoms with Gasteiger partial charge in [-0.05, 0) is 43.6 Å². The summed E-state index contributed by atoms with van der Waals surface area (Å²) in [6.45, 7) is 2.56. The van der Waals surface area contributed by atoms with Crippen LogP contribution in [-0.2, 0) is 6.54 Å². The Bertz CT molecular complexity index is 557. The average molecular weight is 247 g/mol. The average Bonchev–Trinajstić information content (AvgIpc) is 2.72. The Morgan fingerprint density at radius 1 is 1.22 bits per heavy atom. The minimum atomic E-state index is -0.213. The lowest BCUT2D eigenvalue weighted by molar-refractivity contribution is 0.271. The van der Waals surface area contributed by atoms with Crippen LogP contribution in [0.15, 0.2) is 35.1 Å². The lowest BCUT2D eigenvalue weighted by Gasteiger charge is -2.18. The monoisotopic (exact) mass is 247 g/mol. The van der Waals surface area contributed by atoms with E-state index >= 15 is 0 Å². The Labute approximate surface area is 105 Å². The van der Waals surface area contributed by atoms with Crippen molar-refractivity contribution in [2.75, 3.05) is 14.1 Å². The third-order valence-corrected chi connectivity index (χ3v) is 2.96. The van der Waals surface area contributed by atoms with Crippen molar-refractivity contribution in [3.8, 4) is 5.69 Å². The molecule has 2 rings (SSSR count). The molecule has 1 aromatic heterocycles. The number of rotatable bonds is 4. The van der Waals surface area contributed by atoms with E-state index in [0.29, 0.717) is 6.54 Å². The number of nitrogens with zero attached hydrogens (tertiary/aromatic N) is 5. The molecule has 0 aliphatic heterocycles. The normalized spacial score (nSPS) is 12.9. The fourth-order valence-corrected chi connectivity index (χ4v) is 1.53. The van der Waals surface area contributed by atoms with Gasteiger partial charge in [-0.2, -0.15) is 9.36 Å². The van der Waals surface area contributed by atoms with Gasteiger partial charge in [-0.1, -0.05) is 18.2 Å². The number of para-hydroxylation sites is 1. The van der Waals surface area contributed by atoms with Crippen LogP contribution in [0.3, 0.4) is 0 Å². The highest BCUT2D eigenvalue weighted by atomic mass is 16.2. The highest BCUT2D eigenvalue weighted by Crippen LogP contribution is 2.01. The highest BCUT2D eigenvalue weighted by molar-refractivity contribution is 5.28. The summed E-state index contributed by atoms with van der Waals surface area (Å²) >= 11 is 0. The van der Waals surface area contributed by atoms with E-state index in [1.165, 1.54) is 9.36 Å². The molecule has 0 fully saturated rings. The van der Waals surface area contributed by atoms with Crippen LogP contribution in [0.4, 0.5) is 0 Å². The van der Waals surface area contributed by atoms with Crippen molar-refractivity contribution in [1.29, 1.82) is 0 Å². The van der Waals surface area contributed by atoms with Gasteiger partial charge >= 0.3 is 5.69 Å². The molecule has 0 saturated heterocycles. The first kappa shape index (κ1) is 12.5. The second-order valence-electron chi connectivity index (χ2n) is 4.50. The Kier molecular flexibility index (Phi) is 3.57. The molecule has 0 aliphatic carbocycles. The van der Waals surface area contributed by atoms with Crippen LogP contribution in [-0.4, -0.2) is 44.8 Å². The van der Waals surface area contributed by atoms with Gasteiger partial charge in [0, 0.05) is 6.04 Å². The van der Waals surface area contributed by atoms with Crippen molar-refractivity contribution in [3.05, 3.63) is 40.8 Å². The molecule has 0 saturated carbocycles. The van der Waals surface area contributed by atoms with Gasteiger partial charge in [-0.25, -0.2) is 4.79 Å². The van der Waals surface area contributed by atoms with Crippen LogP contribution in [0.2, 0.25) is 0 Å². The zero-order valence-corrected chi connectivity index (χ0v) is 10.8. The summed E-state index contributed by atoms with van der Waals surface area (Å²) in [4.78, 5) is 14.1. The number of aromatic nitrogens is 4. The van der Waals surface area contributed by atoms with E-state index in [9.17, 15) is 4.79 Å². The Hall–Kier alpha value is -1.95. The highest BCUT2D eigenvalue weighted by Gasteiger charge is 2.12. The van der Waals surface area contributed by atoms with Crippen LogP contribution in [0.1, 0.15) is 6.92 Å². The topological polar surface area (TPSA) is 56.0 Å². The third kappa shape index (κ3) is 2.48. The first-order valence-corrected chi connectivity index (χ1v) is 5.84. The molecule has 96 valence electrons. The molecule has 0 aliphatic rings. The van der Waals surface area contributed by atoms with E-state index in [1.807, 2.05) is 56.3 Å². The van der Waals surface area contributed by atoms with E-state index in [2.05, 4.69) is 10.4 Å². The molecule has 1 heterocycles. The fourth-order valence-electron chi connectivity index (χ4n) is 1.53. The molecule has 0 bridgehead atoms. The Morgan fingerprint density at radius 3 is 2.50 bits per heavy atom. The zero-order chi connectivity index (χ0) is 13.1. The molecule has 0 N–H and O–H groups in total. The van der Waals surface area contributed by atoms with Crippen molar-refractivity contribution in [1.82, 2.24) is 24.7 Å². The van der Waals surface area contributed by atoms with Gasteiger partial charge in [0.05, 0.1) is 12.2 Å². The first-order chi connectivity index (χ1) is 8.59. The molecule has 1 aromatic carbocycles. The number of benzene rings is 1. The maximum absolute atomic E-state index is 12.1. The number of tetrazole rings is 1. The molecule has 1 atom stereocenters. The van der Waals surface area contributed by atoms with Gasteiger partial charge in [0.25, 0.3) is 0 Å². The van der Waals surface area contributed by atoms with Crippen molar-refractivity contribution in [2.45, 2.75) is 19.5 Å². The zero-order valence-electron chi connectivity index (χ0n) is 10.8. The van der Waals surface area contributed by atoms with E-state index < -0.39 is 0 Å². The van der Waals surface area contributed by atoms with Crippen LogP contribution in [0, 0.1) is 0 Å². The van der Waals surface area contributed by atoms with Crippen LogP contribution in [0.25, 0.3) is 5.69 Å². The lowest BCUT2D eigenvalue weighted by atomic mass is 10.3. The Balaban J connectivity index is 2.28. The van der Waals surface area contributed by atoms with Gasteiger partial charge < -0.3 is 4.90 Å². The molecule has 0 spiro atoms. The largest absolute Gasteiger partial charge is 0.368 e.